The lowest BCUT2D eigenvalue weighted by Gasteiger charge is -2.21. The van der Waals surface area contributed by atoms with Crippen LogP contribution in [0.3, 0.4) is 0 Å². The normalized spacial score (nSPS) is 11.3. The van der Waals surface area contributed by atoms with E-state index in [9.17, 15) is 14.7 Å². The molecule has 0 aliphatic carbocycles. The molecule has 126 valence electrons. The third-order valence-electron chi connectivity index (χ3n) is 2.77. The average Bonchev–Trinajstić information content (AvgIpc) is 2.52. The van der Waals surface area contributed by atoms with E-state index < -0.39 is 17.6 Å². The molecule has 1 aromatic rings. The molecule has 23 heavy (non-hydrogen) atoms. The number of esters is 1. The molecule has 0 aromatic heterocycles. The molecule has 0 unspecified atom stereocenters. The molecule has 0 saturated carbocycles. The maximum absolute atomic E-state index is 12.1. The van der Waals surface area contributed by atoms with E-state index in [1.807, 2.05) is 26.0 Å². The second-order valence-corrected chi connectivity index (χ2v) is 4.85. The second-order valence-electron chi connectivity index (χ2n) is 4.85. The van der Waals surface area contributed by atoms with Crippen LogP contribution in [0, 0.1) is 0 Å². The molecule has 1 N–H and O–H groups in total. The van der Waals surface area contributed by atoms with E-state index in [4.69, 9.17) is 9.57 Å². The van der Waals surface area contributed by atoms with Gasteiger partial charge in [0.2, 0.25) is 5.76 Å². The van der Waals surface area contributed by atoms with Gasteiger partial charge in [-0.1, -0.05) is 18.2 Å². The standard InChI is InChI=1S/C16H21NO6/c1-11(2)23-14-8-6-5-7-12(14)10-17(22-4)15(19)9-13(18)16(20)21-3/h5-9,11,18H,10H2,1-4H3/b13-9-. The smallest absolute Gasteiger partial charge is 0.373 e. The van der Waals surface area contributed by atoms with Gasteiger partial charge >= 0.3 is 5.97 Å². The van der Waals surface area contributed by atoms with Crippen molar-refractivity contribution in [3.05, 3.63) is 41.7 Å². The van der Waals surface area contributed by atoms with Crippen LogP contribution in [0.4, 0.5) is 0 Å². The van der Waals surface area contributed by atoms with Crippen LogP contribution in [0.25, 0.3) is 0 Å². The van der Waals surface area contributed by atoms with Gasteiger partial charge in [-0.25, -0.2) is 9.86 Å². The zero-order chi connectivity index (χ0) is 17.4. The fraction of sp³-hybridized carbons (Fsp3) is 0.375. The average molecular weight is 323 g/mol. The van der Waals surface area contributed by atoms with Gasteiger partial charge < -0.3 is 14.6 Å². The molecule has 1 amide bonds. The molecule has 7 heteroatoms. The van der Waals surface area contributed by atoms with Gasteiger partial charge in [0.1, 0.15) is 5.75 Å². The number of amides is 1. The zero-order valence-electron chi connectivity index (χ0n) is 13.6. The summed E-state index contributed by atoms with van der Waals surface area (Å²) >= 11 is 0. The van der Waals surface area contributed by atoms with Crippen molar-refractivity contribution in [3.63, 3.8) is 0 Å². The molecule has 0 atom stereocenters. The Morgan fingerprint density at radius 1 is 1.26 bits per heavy atom. The Morgan fingerprint density at radius 2 is 1.91 bits per heavy atom. The second kappa shape index (κ2) is 8.79. The van der Waals surface area contributed by atoms with Crippen molar-refractivity contribution in [1.29, 1.82) is 0 Å². The minimum absolute atomic E-state index is 0.0221. The number of aliphatic hydroxyl groups excluding tert-OH is 1. The highest BCUT2D eigenvalue weighted by Crippen LogP contribution is 2.21. The summed E-state index contributed by atoms with van der Waals surface area (Å²) in [6, 6.07) is 7.21. The molecule has 0 fully saturated rings. The van der Waals surface area contributed by atoms with Crippen molar-refractivity contribution in [2.24, 2.45) is 0 Å². The number of aliphatic hydroxyl groups is 1. The number of hydrogen-bond acceptors (Lipinski definition) is 6. The molecule has 0 aliphatic rings. The van der Waals surface area contributed by atoms with Crippen molar-refractivity contribution in [1.82, 2.24) is 5.06 Å². The van der Waals surface area contributed by atoms with E-state index in [0.29, 0.717) is 5.75 Å². The molecule has 0 heterocycles. The Bertz CT molecular complexity index is 582. The number of benzene rings is 1. The summed E-state index contributed by atoms with van der Waals surface area (Å²) in [7, 11) is 2.41. The van der Waals surface area contributed by atoms with E-state index in [-0.39, 0.29) is 12.6 Å². The number of rotatable bonds is 7. The van der Waals surface area contributed by atoms with E-state index in [1.54, 1.807) is 12.1 Å². The molecular formula is C16H21NO6. The lowest BCUT2D eigenvalue weighted by molar-refractivity contribution is -0.173. The number of hydroxylamine groups is 2. The monoisotopic (exact) mass is 323 g/mol. The lowest BCUT2D eigenvalue weighted by atomic mass is 10.2. The summed E-state index contributed by atoms with van der Waals surface area (Å²) in [6.45, 7) is 3.88. The van der Waals surface area contributed by atoms with Crippen molar-refractivity contribution < 1.29 is 29.0 Å². The SMILES string of the molecule is COC(=O)/C(O)=C/C(=O)N(Cc1ccccc1OC(C)C)OC. The third kappa shape index (κ3) is 5.63. The first-order valence-corrected chi connectivity index (χ1v) is 6.98. The van der Waals surface area contributed by atoms with Crippen LogP contribution < -0.4 is 4.74 Å². The van der Waals surface area contributed by atoms with Crippen LogP contribution in [-0.4, -0.2) is 42.4 Å². The Kier molecular flexibility index (Phi) is 7.08. The summed E-state index contributed by atoms with van der Waals surface area (Å²) in [5.41, 5.74) is 0.724. The molecule has 0 aliphatic heterocycles. The van der Waals surface area contributed by atoms with E-state index in [2.05, 4.69) is 4.74 Å². The Balaban J connectivity index is 2.92. The van der Waals surface area contributed by atoms with Gasteiger partial charge in [0, 0.05) is 5.56 Å². The van der Waals surface area contributed by atoms with Crippen molar-refractivity contribution >= 4 is 11.9 Å². The fourth-order valence-corrected chi connectivity index (χ4v) is 1.74. The third-order valence-corrected chi connectivity index (χ3v) is 2.77. The molecule has 0 radical (unpaired) electrons. The molecule has 0 saturated heterocycles. The highest BCUT2D eigenvalue weighted by molar-refractivity contribution is 5.96. The minimum Gasteiger partial charge on any atom is -0.502 e. The summed E-state index contributed by atoms with van der Waals surface area (Å²) in [6.07, 6.45) is 0.715. The maximum atomic E-state index is 12.1. The van der Waals surface area contributed by atoms with Gasteiger partial charge in [0.05, 0.1) is 32.9 Å². The Morgan fingerprint density at radius 3 is 2.48 bits per heavy atom. The van der Waals surface area contributed by atoms with Gasteiger partial charge in [-0.15, -0.1) is 0 Å². The van der Waals surface area contributed by atoms with Gasteiger partial charge in [-0.2, -0.15) is 0 Å². The van der Waals surface area contributed by atoms with E-state index in [1.165, 1.54) is 7.11 Å². The van der Waals surface area contributed by atoms with Crippen LogP contribution in [0.5, 0.6) is 5.75 Å². The first-order valence-electron chi connectivity index (χ1n) is 6.98. The number of methoxy groups -OCH3 is 1. The van der Waals surface area contributed by atoms with Crippen LogP contribution in [0.15, 0.2) is 36.1 Å². The number of nitrogens with zero attached hydrogens (tertiary/aromatic N) is 1. The molecule has 1 aromatic carbocycles. The first kappa shape index (κ1) is 18.5. The summed E-state index contributed by atoms with van der Waals surface area (Å²) in [5.74, 6) is -1.88. The Labute approximate surface area is 135 Å². The maximum Gasteiger partial charge on any atom is 0.373 e. The topological polar surface area (TPSA) is 85.3 Å². The Hall–Kier alpha value is -2.54. The van der Waals surface area contributed by atoms with Crippen molar-refractivity contribution in [3.8, 4) is 5.75 Å². The predicted octanol–water partition coefficient (Wildman–Crippen LogP) is 1.98. The predicted molar refractivity (Wildman–Crippen MR) is 82.5 cm³/mol. The van der Waals surface area contributed by atoms with E-state index in [0.717, 1.165) is 23.8 Å². The molecular weight excluding hydrogens is 302 g/mol. The highest BCUT2D eigenvalue weighted by atomic mass is 16.7. The summed E-state index contributed by atoms with van der Waals surface area (Å²) in [4.78, 5) is 28.2. The lowest BCUT2D eigenvalue weighted by Crippen LogP contribution is -2.29. The number of para-hydroxylation sites is 1. The van der Waals surface area contributed by atoms with Gasteiger partial charge in [0.15, 0.2) is 0 Å². The van der Waals surface area contributed by atoms with Gasteiger partial charge in [-0.05, 0) is 19.9 Å². The van der Waals surface area contributed by atoms with Crippen molar-refractivity contribution in [2.45, 2.75) is 26.5 Å². The molecule has 7 nitrogen and oxygen atoms in total. The van der Waals surface area contributed by atoms with Crippen LogP contribution in [0.2, 0.25) is 0 Å². The van der Waals surface area contributed by atoms with Gasteiger partial charge in [0.25, 0.3) is 5.91 Å². The summed E-state index contributed by atoms with van der Waals surface area (Å²) < 4.78 is 9.99. The largest absolute Gasteiger partial charge is 0.502 e. The minimum atomic E-state index is -1.00. The zero-order valence-corrected chi connectivity index (χ0v) is 13.6. The van der Waals surface area contributed by atoms with Crippen molar-refractivity contribution in [2.75, 3.05) is 14.2 Å². The molecule has 1 rings (SSSR count). The van der Waals surface area contributed by atoms with E-state index >= 15 is 0 Å². The number of carbonyl (C=O) groups excluding carboxylic acids is 2. The highest BCUT2D eigenvalue weighted by Gasteiger charge is 2.18. The summed E-state index contributed by atoms with van der Waals surface area (Å²) in [5, 5.41) is 10.4. The van der Waals surface area contributed by atoms with Gasteiger partial charge in [-0.3, -0.25) is 9.63 Å². The first-order chi connectivity index (χ1) is 10.9. The van der Waals surface area contributed by atoms with Crippen LogP contribution >= 0.6 is 0 Å². The fourth-order valence-electron chi connectivity index (χ4n) is 1.74. The molecule has 0 bridgehead atoms. The van der Waals surface area contributed by atoms with Crippen LogP contribution in [-0.2, 0) is 25.7 Å². The van der Waals surface area contributed by atoms with Crippen LogP contribution in [0.1, 0.15) is 19.4 Å². The quantitative estimate of drug-likeness (QED) is 0.357. The number of ether oxygens (including phenoxy) is 2. The molecule has 0 spiro atoms. The number of hydrogen-bond donors (Lipinski definition) is 1. The number of carbonyl (C=O) groups is 2.